The topological polar surface area (TPSA) is 43.2 Å². The molecule has 4 heteroatoms. The molecule has 0 aromatic heterocycles. The maximum Gasteiger partial charge on any atom is 0.199 e. The van der Waals surface area contributed by atoms with Crippen molar-refractivity contribution in [1.29, 1.82) is 0 Å². The molecule has 0 fully saturated rings. The van der Waals surface area contributed by atoms with Gasteiger partial charge in [0.1, 0.15) is 17.6 Å². The van der Waals surface area contributed by atoms with Crippen LogP contribution in [0.25, 0.3) is 0 Å². The monoisotopic (exact) mass is 362 g/mol. The van der Waals surface area contributed by atoms with Crippen molar-refractivity contribution in [2.45, 2.75) is 52.0 Å². The largest absolute Gasteiger partial charge is 0.470 e. The molecule has 2 aliphatic rings. The molecule has 4 rings (SSSR count). The van der Waals surface area contributed by atoms with E-state index in [0.29, 0.717) is 11.8 Å². The van der Waals surface area contributed by atoms with Gasteiger partial charge in [-0.2, -0.15) is 0 Å². The zero-order valence-corrected chi connectivity index (χ0v) is 16.3. The number of nitrogens with zero attached hydrogens (tertiary/aromatic N) is 2. The molecule has 0 spiro atoms. The van der Waals surface area contributed by atoms with E-state index < -0.39 is 5.41 Å². The van der Waals surface area contributed by atoms with Crippen LogP contribution in [0.1, 0.15) is 51.0 Å². The predicted octanol–water partition coefficient (Wildman–Crippen LogP) is 5.13. The van der Waals surface area contributed by atoms with Gasteiger partial charge in [-0.15, -0.1) is 0 Å². The minimum absolute atomic E-state index is 0.0611. The summed E-state index contributed by atoms with van der Waals surface area (Å²) < 4.78 is 12.6. The van der Waals surface area contributed by atoms with E-state index >= 15 is 0 Å². The maximum atomic E-state index is 6.30. The summed E-state index contributed by atoms with van der Waals surface area (Å²) in [4.78, 5) is 9.64. The Labute approximate surface area is 161 Å². The average molecular weight is 362 g/mol. The van der Waals surface area contributed by atoms with Gasteiger partial charge in [-0.1, -0.05) is 60.7 Å². The van der Waals surface area contributed by atoms with Gasteiger partial charge in [0.25, 0.3) is 0 Å². The van der Waals surface area contributed by atoms with Gasteiger partial charge in [-0.3, -0.25) is 0 Å². The molecule has 27 heavy (non-hydrogen) atoms. The van der Waals surface area contributed by atoms with Crippen LogP contribution < -0.4 is 0 Å². The quantitative estimate of drug-likeness (QED) is 0.757. The Morgan fingerprint density at radius 1 is 0.667 bits per heavy atom. The molecule has 2 heterocycles. The van der Waals surface area contributed by atoms with Crippen LogP contribution in [-0.2, 0) is 9.47 Å². The Kier molecular flexibility index (Phi) is 4.50. The Balaban J connectivity index is 1.54. The maximum absolute atomic E-state index is 6.30. The van der Waals surface area contributed by atoms with E-state index in [9.17, 15) is 0 Å². The van der Waals surface area contributed by atoms with E-state index in [4.69, 9.17) is 19.5 Å². The number of aliphatic imine (C=N–C) groups is 2. The molecule has 0 bridgehead atoms. The first-order valence-electron chi connectivity index (χ1n) is 9.56. The summed E-state index contributed by atoms with van der Waals surface area (Å²) >= 11 is 0. The van der Waals surface area contributed by atoms with Gasteiger partial charge in [-0.05, 0) is 38.8 Å². The molecule has 0 saturated heterocycles. The van der Waals surface area contributed by atoms with Crippen molar-refractivity contribution < 1.29 is 9.47 Å². The third kappa shape index (κ3) is 3.25. The minimum Gasteiger partial charge on any atom is -0.470 e. The molecule has 140 valence electrons. The van der Waals surface area contributed by atoms with Gasteiger partial charge in [0.15, 0.2) is 11.8 Å². The summed E-state index contributed by atoms with van der Waals surface area (Å²) in [6.45, 7) is 8.33. The minimum atomic E-state index is -0.504. The first kappa shape index (κ1) is 17.8. The van der Waals surface area contributed by atoms with Crippen LogP contribution in [-0.4, -0.2) is 23.9 Å². The van der Waals surface area contributed by atoms with Crippen LogP contribution >= 0.6 is 0 Å². The molecule has 0 unspecified atom stereocenters. The van der Waals surface area contributed by atoms with Crippen molar-refractivity contribution in [3.8, 4) is 0 Å². The van der Waals surface area contributed by atoms with Crippen LogP contribution in [0.5, 0.6) is 0 Å². The van der Waals surface area contributed by atoms with Crippen LogP contribution in [0.15, 0.2) is 70.6 Å². The second-order valence-electron chi connectivity index (χ2n) is 7.87. The summed E-state index contributed by atoms with van der Waals surface area (Å²) in [5, 5.41) is 0. The third-order valence-corrected chi connectivity index (χ3v) is 5.32. The Morgan fingerprint density at radius 2 is 1.04 bits per heavy atom. The van der Waals surface area contributed by atoms with E-state index in [1.54, 1.807) is 0 Å². The van der Waals surface area contributed by atoms with Crippen LogP contribution in [0, 0.1) is 5.41 Å². The van der Waals surface area contributed by atoms with Gasteiger partial charge >= 0.3 is 0 Å². The van der Waals surface area contributed by atoms with E-state index in [2.05, 4.69) is 52.0 Å². The van der Waals surface area contributed by atoms with Gasteiger partial charge in [-0.25, -0.2) is 9.98 Å². The summed E-state index contributed by atoms with van der Waals surface area (Å²) in [6, 6.07) is 20.6. The highest BCUT2D eigenvalue weighted by Gasteiger charge is 2.45. The van der Waals surface area contributed by atoms with Crippen molar-refractivity contribution in [3.05, 3.63) is 71.8 Å². The van der Waals surface area contributed by atoms with Crippen molar-refractivity contribution >= 4 is 11.8 Å². The Hall–Kier alpha value is -2.62. The molecule has 0 saturated carbocycles. The standard InChI is InChI=1S/C23H26N2O2/c1-15-19(17-11-7-5-8-12-17)26-21(24-15)23(3,4)22-25-16(2)20(27-22)18-13-9-6-10-14-18/h5-16,19-20H,1-4H3/t15-,16-,19-,20-/m1/s1. The normalized spacial score (nSPS) is 27.6. The lowest BCUT2D eigenvalue weighted by atomic mass is 9.93. The highest BCUT2D eigenvalue weighted by atomic mass is 16.5. The summed E-state index contributed by atoms with van der Waals surface area (Å²) in [6.07, 6.45) is -0.130. The molecule has 0 radical (unpaired) electrons. The molecule has 2 aromatic carbocycles. The lowest BCUT2D eigenvalue weighted by molar-refractivity contribution is 0.166. The van der Waals surface area contributed by atoms with Crippen molar-refractivity contribution in [2.24, 2.45) is 15.4 Å². The van der Waals surface area contributed by atoms with Gasteiger partial charge in [0.2, 0.25) is 0 Å². The molecule has 4 nitrogen and oxygen atoms in total. The SMILES string of the molecule is C[C@H]1N=C(C(C)(C)C2=N[C@H](C)[C@H](c3ccccc3)O2)O[C@H]1c1ccccc1. The van der Waals surface area contributed by atoms with Crippen LogP contribution in [0.3, 0.4) is 0 Å². The zero-order valence-electron chi connectivity index (χ0n) is 16.3. The molecule has 0 aliphatic carbocycles. The van der Waals surface area contributed by atoms with Crippen LogP contribution in [0.4, 0.5) is 0 Å². The first-order chi connectivity index (χ1) is 13.0. The lowest BCUT2D eigenvalue weighted by Crippen LogP contribution is -2.34. The number of benzene rings is 2. The molecule has 2 aliphatic heterocycles. The first-order valence-corrected chi connectivity index (χ1v) is 9.56. The molecule has 0 N–H and O–H groups in total. The number of hydrogen-bond donors (Lipinski definition) is 0. The van der Waals surface area contributed by atoms with Crippen LogP contribution in [0.2, 0.25) is 0 Å². The van der Waals surface area contributed by atoms with Crippen molar-refractivity contribution in [2.75, 3.05) is 0 Å². The van der Waals surface area contributed by atoms with E-state index in [1.807, 2.05) is 36.4 Å². The van der Waals surface area contributed by atoms with Gasteiger partial charge in [0, 0.05) is 0 Å². The fraction of sp³-hybridized carbons (Fsp3) is 0.391. The number of hydrogen-bond acceptors (Lipinski definition) is 4. The number of rotatable bonds is 4. The second kappa shape index (κ2) is 6.84. The molecule has 0 amide bonds. The van der Waals surface area contributed by atoms with Gasteiger partial charge < -0.3 is 9.47 Å². The van der Waals surface area contributed by atoms with E-state index in [0.717, 1.165) is 11.1 Å². The van der Waals surface area contributed by atoms with Gasteiger partial charge in [0.05, 0.1) is 12.1 Å². The third-order valence-electron chi connectivity index (χ3n) is 5.32. The summed E-state index contributed by atoms with van der Waals surface area (Å²) in [7, 11) is 0. The highest BCUT2D eigenvalue weighted by molar-refractivity contribution is 6.05. The van der Waals surface area contributed by atoms with Crippen molar-refractivity contribution in [1.82, 2.24) is 0 Å². The molecule has 4 atom stereocenters. The summed E-state index contributed by atoms with van der Waals surface area (Å²) in [5.74, 6) is 1.40. The smallest absolute Gasteiger partial charge is 0.199 e. The van der Waals surface area contributed by atoms with E-state index in [1.165, 1.54) is 0 Å². The average Bonchev–Trinajstić information content (AvgIpc) is 3.27. The molecule has 2 aromatic rings. The Bertz CT molecular complexity index is 787. The predicted molar refractivity (Wildman–Crippen MR) is 108 cm³/mol. The van der Waals surface area contributed by atoms with Crippen molar-refractivity contribution in [3.63, 3.8) is 0 Å². The number of ether oxygens (including phenoxy) is 2. The van der Waals surface area contributed by atoms with E-state index in [-0.39, 0.29) is 24.3 Å². The highest BCUT2D eigenvalue weighted by Crippen LogP contribution is 2.39. The lowest BCUT2D eigenvalue weighted by Gasteiger charge is -2.26. The summed E-state index contributed by atoms with van der Waals surface area (Å²) in [5.41, 5.74) is 1.78. The molecular formula is C23H26N2O2. The fourth-order valence-corrected chi connectivity index (χ4v) is 3.69. The Morgan fingerprint density at radius 3 is 1.41 bits per heavy atom. The second-order valence-corrected chi connectivity index (χ2v) is 7.87. The zero-order chi connectivity index (χ0) is 19.0. The molecular weight excluding hydrogens is 336 g/mol. The fourth-order valence-electron chi connectivity index (χ4n) is 3.69.